The van der Waals surface area contributed by atoms with Crippen molar-refractivity contribution in [3.63, 3.8) is 0 Å². The lowest BCUT2D eigenvalue weighted by Gasteiger charge is -2.16. The zero-order valence-electron chi connectivity index (χ0n) is 25.8. The maximum Gasteiger partial charge on any atom is 0.326 e. The molecule has 1 atom stereocenters. The number of pyridine rings is 1. The van der Waals surface area contributed by atoms with Crippen molar-refractivity contribution < 1.29 is 27.9 Å². The molecule has 14 nitrogen and oxygen atoms in total. The van der Waals surface area contributed by atoms with Crippen molar-refractivity contribution in [1.29, 1.82) is 5.41 Å². The van der Waals surface area contributed by atoms with Crippen LogP contribution >= 0.6 is 11.3 Å². The normalized spacial score (nSPS) is 12.8. The summed E-state index contributed by atoms with van der Waals surface area (Å²) < 4.78 is 36.0. The number of carboxylic acids is 1. The van der Waals surface area contributed by atoms with E-state index in [2.05, 4.69) is 25.7 Å². The minimum Gasteiger partial charge on any atom is -0.492 e. The molecule has 0 bridgehead atoms. The van der Waals surface area contributed by atoms with Crippen LogP contribution in [0.3, 0.4) is 0 Å². The van der Waals surface area contributed by atoms with E-state index in [0.29, 0.717) is 43.9 Å². The van der Waals surface area contributed by atoms with Gasteiger partial charge in [0, 0.05) is 32.3 Å². The van der Waals surface area contributed by atoms with Gasteiger partial charge in [0.25, 0.3) is 15.9 Å². The Hall–Kier alpha value is -5.19. The molecule has 0 fully saturated rings. The molecule has 1 aliphatic rings. The summed E-state index contributed by atoms with van der Waals surface area (Å²) in [5, 5.41) is 26.8. The van der Waals surface area contributed by atoms with Gasteiger partial charge in [0.05, 0.1) is 12.3 Å². The Kier molecular flexibility index (Phi) is 10.8. The first-order valence-corrected chi connectivity index (χ1v) is 17.4. The first kappa shape index (κ1) is 34.2. The first-order chi connectivity index (χ1) is 23.0. The van der Waals surface area contributed by atoms with Gasteiger partial charge >= 0.3 is 5.97 Å². The second-order valence-corrected chi connectivity index (χ2v) is 13.6. The van der Waals surface area contributed by atoms with E-state index in [4.69, 9.17) is 21.6 Å². The third kappa shape index (κ3) is 8.58. The van der Waals surface area contributed by atoms with Crippen molar-refractivity contribution in [1.82, 2.24) is 20.9 Å². The van der Waals surface area contributed by atoms with E-state index >= 15 is 0 Å². The second-order valence-electron chi connectivity index (χ2n) is 11.1. The molecule has 5 rings (SSSR count). The number of carboxylic acid groups (broad SMARTS) is 1. The number of aliphatic carboxylic acids is 1. The maximum atomic E-state index is 13.9. The van der Waals surface area contributed by atoms with Crippen LogP contribution in [0.4, 0.5) is 11.5 Å². The van der Waals surface area contributed by atoms with Crippen molar-refractivity contribution in [2.24, 2.45) is 5.73 Å². The largest absolute Gasteiger partial charge is 0.492 e. The number of rotatable bonds is 15. The van der Waals surface area contributed by atoms with Gasteiger partial charge in [-0.3, -0.25) is 14.9 Å². The zero-order valence-corrected chi connectivity index (χ0v) is 27.4. The van der Waals surface area contributed by atoms with E-state index in [1.54, 1.807) is 23.7 Å². The lowest BCUT2D eigenvalue weighted by atomic mass is 10.00. The van der Waals surface area contributed by atoms with Crippen LogP contribution in [0.25, 0.3) is 11.1 Å². The van der Waals surface area contributed by atoms with Gasteiger partial charge in [0.2, 0.25) is 0 Å². The Morgan fingerprint density at radius 3 is 2.65 bits per heavy atom. The molecule has 0 aliphatic carbocycles. The van der Waals surface area contributed by atoms with Crippen LogP contribution in [0.5, 0.6) is 5.75 Å². The smallest absolute Gasteiger partial charge is 0.326 e. The van der Waals surface area contributed by atoms with Crippen LogP contribution in [0.2, 0.25) is 0 Å². The lowest BCUT2D eigenvalue weighted by Crippen LogP contribution is -2.41. The molecule has 2 aromatic carbocycles. The number of nitrogens with zero attached hydrogens (tertiary/aromatic N) is 1. The topological polar surface area (TPSA) is 235 Å². The molecule has 1 amide bonds. The standard InChI is InChI=1S/C32H36N8O6S2/c33-27-7-6-20(18-38-27)17-36-16-19-3-1-4-21(13-19)23-14-22-8-11-46-28(22)26(15-23)48(44,45)40-24-9-12-47-29(24)30(41)39-25(31(42)43)5-2-10-37-32(34)35/h1,3-4,6-7,9,12-15,18,25,36,40H,2,5,8,10-11,16-17H2,(H2,33,38)(H,39,41)(H,42,43)(H4,34,35,37)/t25-/m0/s1. The van der Waals surface area contributed by atoms with Gasteiger partial charge < -0.3 is 37.3 Å². The molecule has 0 saturated heterocycles. The van der Waals surface area contributed by atoms with Crippen molar-refractivity contribution in [2.45, 2.75) is 43.3 Å². The van der Waals surface area contributed by atoms with E-state index in [-0.39, 0.29) is 40.1 Å². The number of amides is 1. The lowest BCUT2D eigenvalue weighted by molar-refractivity contribution is -0.139. The van der Waals surface area contributed by atoms with Gasteiger partial charge in [-0.2, -0.15) is 0 Å². The number of fused-ring (bicyclic) bond motifs is 1. The molecule has 16 heteroatoms. The van der Waals surface area contributed by atoms with Gasteiger partial charge in [-0.05, 0) is 76.4 Å². The quantitative estimate of drug-likeness (QED) is 0.0512. The number of aromatic nitrogens is 1. The Bertz CT molecular complexity index is 1910. The highest BCUT2D eigenvalue weighted by Crippen LogP contribution is 2.39. The highest BCUT2D eigenvalue weighted by Gasteiger charge is 2.29. The molecular formula is C32H36N8O6S2. The highest BCUT2D eigenvalue weighted by molar-refractivity contribution is 7.92. The monoisotopic (exact) mass is 692 g/mol. The fraction of sp³-hybridized carbons (Fsp3) is 0.250. The summed E-state index contributed by atoms with van der Waals surface area (Å²) in [6.45, 7) is 1.75. The predicted molar refractivity (Wildman–Crippen MR) is 183 cm³/mol. The number of hydrogen-bond donors (Lipinski definition) is 8. The number of carbonyl (C=O) groups excluding carboxylic acids is 1. The summed E-state index contributed by atoms with van der Waals surface area (Å²) >= 11 is 0.977. The van der Waals surface area contributed by atoms with Crippen molar-refractivity contribution in [3.8, 4) is 16.9 Å². The maximum absolute atomic E-state index is 13.9. The molecule has 3 heterocycles. The van der Waals surface area contributed by atoms with Gasteiger partial charge in [-0.25, -0.2) is 18.2 Å². The van der Waals surface area contributed by atoms with Gasteiger partial charge in [0.1, 0.15) is 27.4 Å². The number of thiophene rings is 1. The number of benzene rings is 2. The van der Waals surface area contributed by atoms with Crippen LogP contribution in [0.15, 0.2) is 71.1 Å². The van der Waals surface area contributed by atoms with Crippen LogP contribution in [-0.4, -0.2) is 55.5 Å². The molecule has 0 radical (unpaired) electrons. The van der Waals surface area contributed by atoms with E-state index in [9.17, 15) is 23.1 Å². The molecule has 0 saturated carbocycles. The Morgan fingerprint density at radius 1 is 1.08 bits per heavy atom. The van der Waals surface area contributed by atoms with Crippen LogP contribution in [-0.2, 0) is 34.3 Å². The van der Waals surface area contributed by atoms with Crippen molar-refractivity contribution >= 4 is 50.7 Å². The molecule has 10 N–H and O–H groups in total. The molecule has 4 aromatic rings. The number of guanidine groups is 1. The molecule has 0 spiro atoms. The molecule has 48 heavy (non-hydrogen) atoms. The van der Waals surface area contributed by atoms with Crippen molar-refractivity contribution in [2.75, 3.05) is 23.6 Å². The number of anilines is 2. The van der Waals surface area contributed by atoms with Gasteiger partial charge in [-0.15, -0.1) is 11.3 Å². The fourth-order valence-electron chi connectivity index (χ4n) is 5.17. The summed E-state index contributed by atoms with van der Waals surface area (Å²) in [6, 6.07) is 15.1. The molecule has 252 valence electrons. The summed E-state index contributed by atoms with van der Waals surface area (Å²) in [4.78, 5) is 29.0. The van der Waals surface area contributed by atoms with E-state index in [1.807, 2.05) is 36.4 Å². The number of carbonyl (C=O) groups is 2. The third-order valence-electron chi connectivity index (χ3n) is 7.51. The Morgan fingerprint density at radius 2 is 1.90 bits per heavy atom. The number of sulfonamides is 1. The second kappa shape index (κ2) is 15.1. The van der Waals surface area contributed by atoms with Crippen molar-refractivity contribution in [3.05, 3.63) is 87.7 Å². The molecule has 1 aliphatic heterocycles. The number of nitrogen functional groups attached to an aromatic ring is 1. The SMILES string of the molecule is N=C(N)NCCC[C@H](NC(=O)c1sccc1NS(=O)(=O)c1cc(-c2cccc(CNCc3ccc(N)nc3)c2)cc2c1OCC2)C(=O)O. The van der Waals surface area contributed by atoms with Crippen LogP contribution < -0.4 is 36.9 Å². The molecule has 2 aromatic heterocycles. The fourth-order valence-corrected chi connectivity index (χ4v) is 7.27. The van der Waals surface area contributed by atoms with Gasteiger partial charge in [0.15, 0.2) is 5.96 Å². The van der Waals surface area contributed by atoms with Crippen LogP contribution in [0, 0.1) is 5.41 Å². The Labute approximate surface area is 281 Å². The van der Waals surface area contributed by atoms with E-state index in [0.717, 1.165) is 33.6 Å². The molecule has 0 unspecified atom stereocenters. The van der Waals surface area contributed by atoms with E-state index < -0.39 is 27.9 Å². The van der Waals surface area contributed by atoms with E-state index in [1.165, 1.54) is 6.07 Å². The van der Waals surface area contributed by atoms with Crippen LogP contribution in [0.1, 0.15) is 39.2 Å². The first-order valence-electron chi connectivity index (χ1n) is 15.0. The molecular weight excluding hydrogens is 657 g/mol. The minimum absolute atomic E-state index is 0.00959. The predicted octanol–water partition coefficient (Wildman–Crippen LogP) is 2.86. The summed E-state index contributed by atoms with van der Waals surface area (Å²) in [6.07, 6.45) is 2.65. The number of nitrogens with one attached hydrogen (secondary N) is 5. The Balaban J connectivity index is 1.32. The number of hydrogen-bond acceptors (Lipinski definition) is 10. The average molecular weight is 693 g/mol. The zero-order chi connectivity index (χ0) is 34.3. The number of nitrogens with two attached hydrogens (primary N) is 2. The average Bonchev–Trinajstić information content (AvgIpc) is 3.72. The summed E-state index contributed by atoms with van der Waals surface area (Å²) in [5.74, 6) is -1.50. The third-order valence-corrected chi connectivity index (χ3v) is 9.79. The van der Waals surface area contributed by atoms with Gasteiger partial charge in [-0.1, -0.05) is 24.3 Å². The summed E-state index contributed by atoms with van der Waals surface area (Å²) in [5.41, 5.74) is 15.2. The highest BCUT2D eigenvalue weighted by atomic mass is 32.2. The number of ether oxygens (including phenoxy) is 1. The summed E-state index contributed by atoms with van der Waals surface area (Å²) in [7, 11) is -4.26. The minimum atomic E-state index is -4.26.